The minimum atomic E-state index is -2.87. The van der Waals surface area contributed by atoms with Crippen molar-refractivity contribution in [2.24, 2.45) is 0 Å². The Kier molecular flexibility index (Phi) is 3.39. The second-order valence-electron chi connectivity index (χ2n) is 2.81. The summed E-state index contributed by atoms with van der Waals surface area (Å²) in [5.41, 5.74) is 0.684. The SMILES string of the molecule is CCc1ccsc1C(F)(F)CCO. The van der Waals surface area contributed by atoms with Gasteiger partial charge < -0.3 is 5.11 Å². The van der Waals surface area contributed by atoms with E-state index in [4.69, 9.17) is 5.11 Å². The van der Waals surface area contributed by atoms with Gasteiger partial charge in [0.25, 0.3) is 5.92 Å². The molecule has 1 rings (SSSR count). The molecule has 1 N–H and O–H groups in total. The molecule has 1 aromatic rings. The minimum Gasteiger partial charge on any atom is -0.396 e. The average molecular weight is 206 g/mol. The van der Waals surface area contributed by atoms with Crippen LogP contribution in [0.5, 0.6) is 0 Å². The quantitative estimate of drug-likeness (QED) is 0.803. The molecular formula is C9H12F2OS. The maximum atomic E-state index is 13.3. The minimum absolute atomic E-state index is 0.101. The van der Waals surface area contributed by atoms with Gasteiger partial charge in [-0.2, -0.15) is 0 Å². The zero-order chi connectivity index (χ0) is 9.90. The van der Waals surface area contributed by atoms with Gasteiger partial charge in [-0.15, -0.1) is 11.3 Å². The molecule has 0 unspecified atom stereocenters. The molecule has 0 aliphatic rings. The summed E-state index contributed by atoms with van der Waals surface area (Å²) in [4.78, 5) is 0.101. The number of hydrogen-bond donors (Lipinski definition) is 1. The predicted molar refractivity (Wildman–Crippen MR) is 49.3 cm³/mol. The van der Waals surface area contributed by atoms with Gasteiger partial charge in [0.15, 0.2) is 0 Å². The molecule has 0 aliphatic heterocycles. The van der Waals surface area contributed by atoms with Crippen LogP contribution in [-0.4, -0.2) is 11.7 Å². The van der Waals surface area contributed by atoms with E-state index in [0.717, 1.165) is 11.3 Å². The number of alkyl halides is 2. The Morgan fingerprint density at radius 1 is 1.54 bits per heavy atom. The molecule has 1 aromatic heterocycles. The number of thiophene rings is 1. The van der Waals surface area contributed by atoms with E-state index in [9.17, 15) is 8.78 Å². The predicted octanol–water partition coefficient (Wildman–Crippen LogP) is 2.78. The number of aliphatic hydroxyl groups is 1. The van der Waals surface area contributed by atoms with Crippen molar-refractivity contribution >= 4 is 11.3 Å². The van der Waals surface area contributed by atoms with E-state index in [1.165, 1.54) is 0 Å². The number of halogens is 2. The molecule has 1 heterocycles. The molecule has 0 bridgehead atoms. The zero-order valence-electron chi connectivity index (χ0n) is 7.39. The van der Waals surface area contributed by atoms with Crippen LogP contribution in [0.4, 0.5) is 8.78 Å². The van der Waals surface area contributed by atoms with Crippen molar-refractivity contribution < 1.29 is 13.9 Å². The summed E-state index contributed by atoms with van der Waals surface area (Å²) in [7, 11) is 0. The molecule has 0 spiro atoms. The van der Waals surface area contributed by atoms with E-state index < -0.39 is 19.0 Å². The summed E-state index contributed by atoms with van der Waals surface area (Å²) in [6, 6.07) is 1.71. The topological polar surface area (TPSA) is 20.2 Å². The molecule has 0 radical (unpaired) electrons. The van der Waals surface area contributed by atoms with Crippen molar-refractivity contribution in [1.29, 1.82) is 0 Å². The molecule has 0 aromatic carbocycles. The first-order chi connectivity index (χ1) is 6.11. The Balaban J connectivity index is 2.91. The van der Waals surface area contributed by atoms with Crippen molar-refractivity contribution in [3.8, 4) is 0 Å². The van der Waals surface area contributed by atoms with E-state index in [-0.39, 0.29) is 4.88 Å². The Labute approximate surface area is 80.0 Å². The van der Waals surface area contributed by atoms with Crippen LogP contribution < -0.4 is 0 Å². The second kappa shape index (κ2) is 4.15. The first-order valence-electron chi connectivity index (χ1n) is 4.17. The van der Waals surface area contributed by atoms with Crippen molar-refractivity contribution in [2.75, 3.05) is 6.61 Å². The van der Waals surface area contributed by atoms with Crippen LogP contribution in [0.3, 0.4) is 0 Å². The molecule has 74 valence electrons. The van der Waals surface area contributed by atoms with Crippen LogP contribution in [0.2, 0.25) is 0 Å². The van der Waals surface area contributed by atoms with Gasteiger partial charge in [0.2, 0.25) is 0 Å². The third kappa shape index (κ3) is 2.25. The van der Waals surface area contributed by atoms with E-state index in [1.54, 1.807) is 11.4 Å². The number of aryl methyl sites for hydroxylation is 1. The van der Waals surface area contributed by atoms with E-state index >= 15 is 0 Å². The lowest BCUT2D eigenvalue weighted by Crippen LogP contribution is -2.15. The third-order valence-electron chi connectivity index (χ3n) is 1.89. The van der Waals surface area contributed by atoms with Gasteiger partial charge in [0.05, 0.1) is 4.88 Å². The molecule has 0 fully saturated rings. The fourth-order valence-electron chi connectivity index (χ4n) is 1.19. The Morgan fingerprint density at radius 2 is 2.23 bits per heavy atom. The second-order valence-corrected chi connectivity index (χ2v) is 3.72. The molecule has 0 amide bonds. The molecule has 0 atom stereocenters. The van der Waals surface area contributed by atoms with Crippen LogP contribution in [0.1, 0.15) is 23.8 Å². The lowest BCUT2D eigenvalue weighted by atomic mass is 10.1. The first-order valence-corrected chi connectivity index (χ1v) is 5.05. The highest BCUT2D eigenvalue weighted by Crippen LogP contribution is 2.37. The van der Waals surface area contributed by atoms with E-state index in [1.807, 2.05) is 6.92 Å². The van der Waals surface area contributed by atoms with Crippen LogP contribution >= 0.6 is 11.3 Å². The molecule has 1 nitrogen and oxygen atoms in total. The van der Waals surface area contributed by atoms with Gasteiger partial charge in [-0.1, -0.05) is 6.92 Å². The zero-order valence-corrected chi connectivity index (χ0v) is 8.20. The monoisotopic (exact) mass is 206 g/mol. The summed E-state index contributed by atoms with van der Waals surface area (Å²) < 4.78 is 26.6. The summed E-state index contributed by atoms with van der Waals surface area (Å²) in [6.45, 7) is 1.37. The number of aliphatic hydroxyl groups excluding tert-OH is 1. The largest absolute Gasteiger partial charge is 0.396 e. The van der Waals surface area contributed by atoms with Crippen LogP contribution in [0.25, 0.3) is 0 Å². The van der Waals surface area contributed by atoms with Gasteiger partial charge in [0.1, 0.15) is 0 Å². The van der Waals surface area contributed by atoms with Crippen molar-refractivity contribution in [3.05, 3.63) is 21.9 Å². The van der Waals surface area contributed by atoms with Gasteiger partial charge in [-0.3, -0.25) is 0 Å². The lowest BCUT2D eigenvalue weighted by Gasteiger charge is -2.14. The normalized spacial score (nSPS) is 12.0. The molecule has 4 heteroatoms. The van der Waals surface area contributed by atoms with Gasteiger partial charge in [-0.25, -0.2) is 8.78 Å². The molecular weight excluding hydrogens is 194 g/mol. The van der Waals surface area contributed by atoms with Crippen molar-refractivity contribution in [2.45, 2.75) is 25.7 Å². The van der Waals surface area contributed by atoms with Gasteiger partial charge in [-0.05, 0) is 23.4 Å². The van der Waals surface area contributed by atoms with Crippen molar-refractivity contribution in [1.82, 2.24) is 0 Å². The summed E-state index contributed by atoms with van der Waals surface area (Å²) in [5, 5.41) is 10.2. The van der Waals surface area contributed by atoms with Gasteiger partial charge >= 0.3 is 0 Å². The number of rotatable bonds is 4. The molecule has 13 heavy (non-hydrogen) atoms. The molecule has 0 saturated carbocycles. The van der Waals surface area contributed by atoms with Crippen molar-refractivity contribution in [3.63, 3.8) is 0 Å². The Hall–Kier alpha value is -0.480. The van der Waals surface area contributed by atoms with Crippen LogP contribution in [0.15, 0.2) is 11.4 Å². The summed E-state index contributed by atoms with van der Waals surface area (Å²) in [6.07, 6.45) is 0.125. The highest BCUT2D eigenvalue weighted by molar-refractivity contribution is 7.10. The highest BCUT2D eigenvalue weighted by Gasteiger charge is 2.33. The molecule has 0 saturated heterocycles. The highest BCUT2D eigenvalue weighted by atomic mass is 32.1. The Bertz CT molecular complexity index is 270. The maximum absolute atomic E-state index is 13.3. The maximum Gasteiger partial charge on any atom is 0.284 e. The van der Waals surface area contributed by atoms with Crippen LogP contribution in [-0.2, 0) is 12.3 Å². The van der Waals surface area contributed by atoms with E-state index in [0.29, 0.717) is 12.0 Å². The standard InChI is InChI=1S/C9H12F2OS/c1-2-7-3-6-13-8(7)9(10,11)4-5-12/h3,6,12H,2,4-5H2,1H3. The Morgan fingerprint density at radius 3 is 2.77 bits per heavy atom. The fraction of sp³-hybridized carbons (Fsp3) is 0.556. The first kappa shape index (κ1) is 10.6. The van der Waals surface area contributed by atoms with Crippen LogP contribution in [0, 0.1) is 0 Å². The van der Waals surface area contributed by atoms with Gasteiger partial charge in [0, 0.05) is 13.0 Å². The average Bonchev–Trinajstić information content (AvgIpc) is 2.51. The third-order valence-corrected chi connectivity index (χ3v) is 2.95. The summed E-state index contributed by atoms with van der Waals surface area (Å²) >= 11 is 1.06. The number of hydrogen-bond acceptors (Lipinski definition) is 2. The van der Waals surface area contributed by atoms with E-state index in [2.05, 4.69) is 0 Å². The fourth-order valence-corrected chi connectivity index (χ4v) is 2.20. The lowest BCUT2D eigenvalue weighted by molar-refractivity contribution is -0.0240. The summed E-state index contributed by atoms with van der Waals surface area (Å²) in [5.74, 6) is -2.87. The molecule has 0 aliphatic carbocycles. The smallest absolute Gasteiger partial charge is 0.284 e.